The minimum Gasteiger partial charge on any atom is -0.221 e. The molecule has 0 aliphatic rings. The van der Waals surface area contributed by atoms with Gasteiger partial charge < -0.3 is 0 Å². The van der Waals surface area contributed by atoms with Crippen LogP contribution >= 0.6 is 11.6 Å². The van der Waals surface area contributed by atoms with Crippen LogP contribution in [0, 0.1) is 5.82 Å². The van der Waals surface area contributed by atoms with Crippen LogP contribution in [0.25, 0.3) is 27.7 Å². The summed E-state index contributed by atoms with van der Waals surface area (Å²) < 4.78 is 15.0. The third kappa shape index (κ3) is 1.96. The van der Waals surface area contributed by atoms with Crippen LogP contribution in [-0.4, -0.2) is 14.6 Å². The van der Waals surface area contributed by atoms with Crippen molar-refractivity contribution in [2.45, 2.75) is 0 Å². The Kier molecular flexibility index (Phi) is 2.65. The van der Waals surface area contributed by atoms with Gasteiger partial charge in [0, 0.05) is 17.1 Å². The van der Waals surface area contributed by atoms with Crippen LogP contribution in [0.3, 0.4) is 0 Å². The van der Waals surface area contributed by atoms with E-state index in [9.17, 15) is 4.39 Å². The molecule has 102 valence electrons. The molecule has 0 unspecified atom stereocenters. The highest BCUT2D eigenvalue weighted by atomic mass is 35.5. The average Bonchev–Trinajstić information content (AvgIpc) is 2.84. The molecule has 2 aromatic carbocycles. The molecule has 21 heavy (non-hydrogen) atoms. The topological polar surface area (TPSA) is 30.2 Å². The zero-order chi connectivity index (χ0) is 14.4. The number of hydrogen-bond donors (Lipinski definition) is 0. The predicted octanol–water partition coefficient (Wildman–Crippen LogP) is 4.34. The summed E-state index contributed by atoms with van der Waals surface area (Å²) in [5.41, 5.74) is 2.99. The first kappa shape index (κ1) is 12.3. The summed E-state index contributed by atoms with van der Waals surface area (Å²) in [6, 6.07) is 14.2. The smallest absolute Gasteiger partial charge is 0.164 e. The maximum atomic E-state index is 13.4. The van der Waals surface area contributed by atoms with Gasteiger partial charge in [0.1, 0.15) is 11.0 Å². The van der Waals surface area contributed by atoms with Crippen LogP contribution in [0.5, 0.6) is 0 Å². The molecule has 5 heteroatoms. The summed E-state index contributed by atoms with van der Waals surface area (Å²) in [6.07, 6.45) is 1.82. The van der Waals surface area contributed by atoms with Gasteiger partial charge in [0.2, 0.25) is 0 Å². The van der Waals surface area contributed by atoms with Gasteiger partial charge in [-0.25, -0.2) is 13.9 Å². The fourth-order valence-corrected chi connectivity index (χ4v) is 2.64. The second-order valence-electron chi connectivity index (χ2n) is 4.74. The van der Waals surface area contributed by atoms with Gasteiger partial charge in [-0.15, -0.1) is 0 Å². The van der Waals surface area contributed by atoms with Crippen LogP contribution in [0.15, 0.2) is 54.7 Å². The first-order valence-electron chi connectivity index (χ1n) is 6.42. The van der Waals surface area contributed by atoms with E-state index >= 15 is 0 Å². The van der Waals surface area contributed by atoms with Crippen molar-refractivity contribution in [2.75, 3.05) is 0 Å². The number of hydrogen-bond acceptors (Lipinski definition) is 2. The Labute approximate surface area is 124 Å². The van der Waals surface area contributed by atoms with E-state index in [-0.39, 0.29) is 5.82 Å². The summed E-state index contributed by atoms with van der Waals surface area (Å²) in [7, 11) is 0. The van der Waals surface area contributed by atoms with E-state index < -0.39 is 0 Å². The Hall–Kier alpha value is -2.46. The predicted molar refractivity (Wildman–Crippen MR) is 80.9 cm³/mol. The third-order valence-corrected chi connectivity index (χ3v) is 3.68. The maximum absolute atomic E-state index is 13.4. The number of aromatic nitrogens is 3. The van der Waals surface area contributed by atoms with Crippen LogP contribution in [0.4, 0.5) is 4.39 Å². The number of rotatable bonds is 1. The molecular formula is C16H9ClFN3. The second-order valence-corrected chi connectivity index (χ2v) is 5.10. The highest BCUT2D eigenvalue weighted by molar-refractivity contribution is 6.32. The van der Waals surface area contributed by atoms with Crippen LogP contribution in [-0.2, 0) is 0 Å². The zero-order valence-corrected chi connectivity index (χ0v) is 11.5. The van der Waals surface area contributed by atoms with Crippen molar-refractivity contribution in [1.82, 2.24) is 14.6 Å². The van der Waals surface area contributed by atoms with Crippen molar-refractivity contribution in [3.8, 4) is 11.1 Å². The number of fused-ring (bicyclic) bond motifs is 3. The summed E-state index contributed by atoms with van der Waals surface area (Å²) in [5.74, 6) is -0.317. The first-order chi connectivity index (χ1) is 10.2. The Morgan fingerprint density at radius 2 is 1.86 bits per heavy atom. The van der Waals surface area contributed by atoms with Crippen molar-refractivity contribution in [2.24, 2.45) is 0 Å². The molecule has 0 saturated carbocycles. The quantitative estimate of drug-likeness (QED) is 0.489. The molecule has 0 atom stereocenters. The Balaban J connectivity index is 2.04. The third-order valence-electron chi connectivity index (χ3n) is 3.39. The minimum atomic E-state index is -0.317. The Morgan fingerprint density at radius 1 is 1.05 bits per heavy atom. The number of halogens is 2. The number of benzene rings is 2. The lowest BCUT2D eigenvalue weighted by atomic mass is 10.1. The lowest BCUT2D eigenvalue weighted by Crippen LogP contribution is -1.93. The van der Waals surface area contributed by atoms with Gasteiger partial charge in [-0.1, -0.05) is 41.9 Å². The molecule has 0 aliphatic heterocycles. The maximum Gasteiger partial charge on any atom is 0.164 e. The van der Waals surface area contributed by atoms with E-state index in [1.807, 2.05) is 36.5 Å². The molecule has 3 nitrogen and oxygen atoms in total. The van der Waals surface area contributed by atoms with Crippen LogP contribution < -0.4 is 0 Å². The Bertz CT molecular complexity index is 964. The van der Waals surface area contributed by atoms with E-state index in [0.29, 0.717) is 21.7 Å². The zero-order valence-electron chi connectivity index (χ0n) is 10.8. The molecule has 4 aromatic rings. The lowest BCUT2D eigenvalue weighted by Gasteiger charge is -2.04. The highest BCUT2D eigenvalue weighted by Crippen LogP contribution is 2.28. The van der Waals surface area contributed by atoms with E-state index in [1.165, 1.54) is 12.1 Å². The molecular weight excluding hydrogens is 289 g/mol. The molecule has 0 spiro atoms. The van der Waals surface area contributed by atoms with Gasteiger partial charge in [0.25, 0.3) is 0 Å². The lowest BCUT2D eigenvalue weighted by molar-refractivity contribution is 0.630. The van der Waals surface area contributed by atoms with Crippen molar-refractivity contribution >= 4 is 28.2 Å². The molecule has 0 fully saturated rings. The largest absolute Gasteiger partial charge is 0.221 e. The molecule has 4 rings (SSSR count). The minimum absolute atomic E-state index is 0.317. The van der Waals surface area contributed by atoms with Crippen molar-refractivity contribution in [1.29, 1.82) is 0 Å². The molecule has 0 amide bonds. The van der Waals surface area contributed by atoms with Crippen LogP contribution in [0.1, 0.15) is 0 Å². The van der Waals surface area contributed by atoms with Crippen LogP contribution in [0.2, 0.25) is 5.15 Å². The first-order valence-corrected chi connectivity index (χ1v) is 6.80. The monoisotopic (exact) mass is 297 g/mol. The van der Waals surface area contributed by atoms with Gasteiger partial charge in [-0.2, -0.15) is 5.10 Å². The summed E-state index contributed by atoms with van der Waals surface area (Å²) in [6.45, 7) is 0. The molecule has 2 aromatic heterocycles. The summed E-state index contributed by atoms with van der Waals surface area (Å²) >= 11 is 6.29. The van der Waals surface area contributed by atoms with E-state index in [0.717, 1.165) is 11.1 Å². The van der Waals surface area contributed by atoms with Gasteiger partial charge in [0.15, 0.2) is 5.65 Å². The van der Waals surface area contributed by atoms with Gasteiger partial charge >= 0.3 is 0 Å². The fourth-order valence-electron chi connectivity index (χ4n) is 2.40. The molecule has 0 N–H and O–H groups in total. The molecule has 0 aliphatic carbocycles. The molecule has 0 bridgehead atoms. The average molecular weight is 298 g/mol. The Morgan fingerprint density at radius 3 is 2.67 bits per heavy atom. The van der Waals surface area contributed by atoms with Crippen molar-refractivity contribution in [3.05, 3.63) is 65.7 Å². The van der Waals surface area contributed by atoms with E-state index in [2.05, 4.69) is 10.1 Å². The standard InChI is InChI=1S/C16H9ClFN3/c17-15-13(10-4-2-1-3-5-10)9-21-16(19-15)12-8-11(18)6-7-14(12)20-21/h1-9H. The molecule has 2 heterocycles. The SMILES string of the molecule is Fc1ccc2nn3cc(-c4ccccc4)c(Cl)nc3c2c1. The van der Waals surface area contributed by atoms with Gasteiger partial charge in [-0.3, -0.25) is 0 Å². The van der Waals surface area contributed by atoms with Gasteiger partial charge in [-0.05, 0) is 23.8 Å². The van der Waals surface area contributed by atoms with E-state index in [4.69, 9.17) is 11.6 Å². The molecule has 0 saturated heterocycles. The fraction of sp³-hybridized carbons (Fsp3) is 0. The summed E-state index contributed by atoms with van der Waals surface area (Å²) in [4.78, 5) is 4.38. The summed E-state index contributed by atoms with van der Waals surface area (Å²) in [5, 5.41) is 5.44. The van der Waals surface area contributed by atoms with Gasteiger partial charge in [0.05, 0.1) is 5.52 Å². The molecule has 0 radical (unpaired) electrons. The van der Waals surface area contributed by atoms with E-state index in [1.54, 1.807) is 10.6 Å². The normalized spacial score (nSPS) is 11.3. The highest BCUT2D eigenvalue weighted by Gasteiger charge is 2.12. The van der Waals surface area contributed by atoms with Crippen molar-refractivity contribution < 1.29 is 4.39 Å². The second kappa shape index (κ2) is 4.53. The number of nitrogens with zero attached hydrogens (tertiary/aromatic N) is 3. The van der Waals surface area contributed by atoms with Crippen molar-refractivity contribution in [3.63, 3.8) is 0 Å².